The molecule has 0 bridgehead atoms. The van der Waals surface area contributed by atoms with Crippen LogP contribution in [-0.2, 0) is 9.84 Å². The standard InChI is InChI=1S/C19H34N4O3S2.HI/c1-3-20-19(21-10-7-12-23-11-5-4-8-16(23)2)22-14-17(24)15-28(25,26)18-9-6-13-27-18;/h6,9,13,16-17,24H,3-5,7-8,10-12,14-15H2,1-2H3,(H2,20,21,22);1H. The fraction of sp³-hybridized carbons (Fsp3) is 0.737. The van der Waals surface area contributed by atoms with Gasteiger partial charge in [-0.05, 0) is 51.1 Å². The molecule has 1 saturated heterocycles. The number of hydrogen-bond donors (Lipinski definition) is 3. The lowest BCUT2D eigenvalue weighted by molar-refractivity contribution is 0.159. The zero-order valence-electron chi connectivity index (χ0n) is 17.3. The number of aliphatic hydroxyl groups is 1. The molecular weight excluding hydrogens is 523 g/mol. The van der Waals surface area contributed by atoms with E-state index in [0.717, 1.165) is 19.5 Å². The molecule has 0 radical (unpaired) electrons. The minimum atomic E-state index is -3.46. The number of rotatable bonds is 10. The number of nitrogens with zero attached hydrogens (tertiary/aromatic N) is 2. The zero-order chi connectivity index (χ0) is 20.4. The van der Waals surface area contributed by atoms with Crippen LogP contribution in [0.1, 0.15) is 39.5 Å². The van der Waals surface area contributed by atoms with E-state index in [0.29, 0.717) is 18.5 Å². The van der Waals surface area contributed by atoms with E-state index in [1.165, 1.54) is 37.1 Å². The highest BCUT2D eigenvalue weighted by atomic mass is 127. The van der Waals surface area contributed by atoms with E-state index < -0.39 is 15.9 Å². The van der Waals surface area contributed by atoms with Crippen molar-refractivity contribution in [1.82, 2.24) is 15.5 Å². The number of guanidine groups is 1. The van der Waals surface area contributed by atoms with Crippen molar-refractivity contribution < 1.29 is 13.5 Å². The first-order chi connectivity index (χ1) is 13.4. The molecule has 2 unspecified atom stereocenters. The second-order valence-corrected chi connectivity index (χ2v) is 10.5. The van der Waals surface area contributed by atoms with Gasteiger partial charge in [0.25, 0.3) is 0 Å². The van der Waals surface area contributed by atoms with E-state index in [4.69, 9.17) is 0 Å². The number of nitrogens with one attached hydrogen (secondary N) is 2. The summed E-state index contributed by atoms with van der Waals surface area (Å²) in [7, 11) is -3.46. The maximum Gasteiger partial charge on any atom is 0.191 e. The fourth-order valence-corrected chi connectivity index (χ4v) is 5.81. The normalized spacial score (nSPS) is 19.4. The summed E-state index contributed by atoms with van der Waals surface area (Å²) in [5.74, 6) is 0.297. The van der Waals surface area contributed by atoms with E-state index in [1.807, 2.05) is 6.92 Å². The molecule has 2 rings (SSSR count). The van der Waals surface area contributed by atoms with Crippen molar-refractivity contribution in [3.8, 4) is 0 Å². The van der Waals surface area contributed by atoms with Crippen molar-refractivity contribution in [1.29, 1.82) is 0 Å². The molecule has 1 fully saturated rings. The topological polar surface area (TPSA) is 94.0 Å². The lowest BCUT2D eigenvalue weighted by Gasteiger charge is -2.33. The minimum Gasteiger partial charge on any atom is -0.390 e. The average Bonchev–Trinajstić information content (AvgIpc) is 3.20. The number of likely N-dealkylation sites (tertiary alicyclic amines) is 1. The summed E-state index contributed by atoms with van der Waals surface area (Å²) in [4.78, 5) is 6.88. The monoisotopic (exact) mass is 558 g/mol. The lowest BCUT2D eigenvalue weighted by atomic mass is 10.0. The number of aliphatic hydroxyl groups excluding tert-OH is 1. The van der Waals surface area contributed by atoms with Crippen LogP contribution in [0.2, 0.25) is 0 Å². The van der Waals surface area contributed by atoms with Gasteiger partial charge in [-0.2, -0.15) is 0 Å². The maximum absolute atomic E-state index is 12.2. The number of thiophene rings is 1. The van der Waals surface area contributed by atoms with Gasteiger partial charge in [-0.3, -0.25) is 4.99 Å². The number of aliphatic imine (C=N–C) groups is 1. The third-order valence-electron chi connectivity index (χ3n) is 4.87. The summed E-state index contributed by atoms with van der Waals surface area (Å²) in [5.41, 5.74) is 0. The summed E-state index contributed by atoms with van der Waals surface area (Å²) in [6.45, 7) is 8.06. The second kappa shape index (κ2) is 13.8. The number of piperidine rings is 1. The Labute approximate surface area is 196 Å². The predicted octanol–water partition coefficient (Wildman–Crippen LogP) is 2.32. The summed E-state index contributed by atoms with van der Waals surface area (Å²) in [6.07, 6.45) is 3.89. The lowest BCUT2D eigenvalue weighted by Crippen LogP contribution is -2.41. The Morgan fingerprint density at radius 2 is 2.21 bits per heavy atom. The van der Waals surface area contributed by atoms with Crippen LogP contribution in [0.3, 0.4) is 0 Å². The Bertz CT molecular complexity index is 698. The molecule has 0 amide bonds. The van der Waals surface area contributed by atoms with Gasteiger partial charge in [-0.1, -0.05) is 12.5 Å². The largest absolute Gasteiger partial charge is 0.390 e. The molecule has 0 aliphatic carbocycles. The number of sulfone groups is 1. The van der Waals surface area contributed by atoms with Gasteiger partial charge in [0.15, 0.2) is 15.8 Å². The Hall–Kier alpha value is -0.430. The quantitative estimate of drug-likeness (QED) is 0.177. The molecule has 168 valence electrons. The van der Waals surface area contributed by atoms with Gasteiger partial charge in [-0.15, -0.1) is 35.3 Å². The van der Waals surface area contributed by atoms with Gasteiger partial charge in [-0.25, -0.2) is 8.42 Å². The molecule has 0 saturated carbocycles. The van der Waals surface area contributed by atoms with Gasteiger partial charge in [0.05, 0.1) is 18.4 Å². The molecule has 1 aromatic rings. The van der Waals surface area contributed by atoms with Gasteiger partial charge in [0.1, 0.15) is 4.21 Å². The molecule has 1 aliphatic rings. The third-order valence-corrected chi connectivity index (χ3v) is 8.16. The van der Waals surface area contributed by atoms with Crippen LogP contribution in [-0.4, -0.2) is 75.0 Å². The first-order valence-electron chi connectivity index (χ1n) is 10.1. The Morgan fingerprint density at radius 3 is 2.86 bits per heavy atom. The number of hydrogen-bond acceptors (Lipinski definition) is 6. The van der Waals surface area contributed by atoms with Crippen molar-refractivity contribution >= 4 is 51.1 Å². The Balaban J connectivity index is 0.00000420. The smallest absolute Gasteiger partial charge is 0.191 e. The minimum absolute atomic E-state index is 0. The van der Waals surface area contributed by atoms with Crippen molar-refractivity contribution in [3.05, 3.63) is 17.5 Å². The predicted molar refractivity (Wildman–Crippen MR) is 131 cm³/mol. The van der Waals surface area contributed by atoms with Gasteiger partial charge >= 0.3 is 0 Å². The van der Waals surface area contributed by atoms with Crippen molar-refractivity contribution in [2.24, 2.45) is 4.99 Å². The van der Waals surface area contributed by atoms with Gasteiger partial charge in [0, 0.05) is 25.7 Å². The van der Waals surface area contributed by atoms with E-state index in [-0.39, 0.29) is 40.5 Å². The van der Waals surface area contributed by atoms with Crippen LogP contribution in [0, 0.1) is 0 Å². The van der Waals surface area contributed by atoms with E-state index in [1.54, 1.807) is 17.5 Å². The highest BCUT2D eigenvalue weighted by Gasteiger charge is 2.21. The fourth-order valence-electron chi connectivity index (χ4n) is 3.35. The molecule has 2 atom stereocenters. The summed E-state index contributed by atoms with van der Waals surface area (Å²) in [6, 6.07) is 3.92. The summed E-state index contributed by atoms with van der Waals surface area (Å²) >= 11 is 1.17. The molecule has 2 heterocycles. The van der Waals surface area contributed by atoms with E-state index in [9.17, 15) is 13.5 Å². The Morgan fingerprint density at radius 1 is 1.41 bits per heavy atom. The third kappa shape index (κ3) is 9.50. The SMILES string of the molecule is CCNC(=NCC(O)CS(=O)(=O)c1cccs1)NCCCN1CCCCC1C.I. The van der Waals surface area contributed by atoms with Crippen molar-refractivity contribution in [2.45, 2.75) is 55.9 Å². The highest BCUT2D eigenvalue weighted by molar-refractivity contribution is 14.0. The van der Waals surface area contributed by atoms with Crippen LogP contribution >= 0.6 is 35.3 Å². The molecule has 29 heavy (non-hydrogen) atoms. The van der Waals surface area contributed by atoms with Crippen LogP contribution in [0.25, 0.3) is 0 Å². The zero-order valence-corrected chi connectivity index (χ0v) is 21.3. The molecule has 0 aromatic carbocycles. The maximum atomic E-state index is 12.2. The molecule has 7 nitrogen and oxygen atoms in total. The first-order valence-corrected chi connectivity index (χ1v) is 12.7. The van der Waals surface area contributed by atoms with E-state index in [2.05, 4.69) is 27.4 Å². The molecule has 10 heteroatoms. The first kappa shape index (κ1) is 26.6. The second-order valence-electron chi connectivity index (χ2n) is 7.25. The average molecular weight is 559 g/mol. The van der Waals surface area contributed by atoms with E-state index >= 15 is 0 Å². The highest BCUT2D eigenvalue weighted by Crippen LogP contribution is 2.18. The Kier molecular flexibility index (Phi) is 12.7. The van der Waals surface area contributed by atoms with Crippen LogP contribution in [0.5, 0.6) is 0 Å². The molecule has 3 N–H and O–H groups in total. The van der Waals surface area contributed by atoms with Crippen molar-refractivity contribution in [2.75, 3.05) is 38.5 Å². The molecule has 1 aliphatic heterocycles. The van der Waals surface area contributed by atoms with Crippen LogP contribution in [0.15, 0.2) is 26.7 Å². The van der Waals surface area contributed by atoms with Gasteiger partial charge < -0.3 is 20.6 Å². The van der Waals surface area contributed by atoms with Crippen LogP contribution in [0.4, 0.5) is 0 Å². The molecular formula is C19H35IN4O3S2. The van der Waals surface area contributed by atoms with Crippen LogP contribution < -0.4 is 10.6 Å². The number of halogens is 1. The van der Waals surface area contributed by atoms with Crippen molar-refractivity contribution in [3.63, 3.8) is 0 Å². The molecule has 0 spiro atoms. The van der Waals surface area contributed by atoms with Gasteiger partial charge in [0.2, 0.25) is 0 Å². The molecule has 1 aromatic heterocycles. The summed E-state index contributed by atoms with van der Waals surface area (Å²) in [5, 5.41) is 18.3. The summed E-state index contributed by atoms with van der Waals surface area (Å²) < 4.78 is 24.7.